The van der Waals surface area contributed by atoms with Gasteiger partial charge in [0.1, 0.15) is 5.54 Å². The molecule has 0 spiro atoms. The smallest absolute Gasteiger partial charge is 0.243 e. The maximum absolute atomic E-state index is 12.0. The molecule has 21 heavy (non-hydrogen) atoms. The van der Waals surface area contributed by atoms with Crippen molar-refractivity contribution >= 4 is 5.91 Å². The molecule has 5 nitrogen and oxygen atoms in total. The third-order valence-corrected chi connectivity index (χ3v) is 4.37. The molecule has 0 saturated carbocycles. The lowest BCUT2D eigenvalue weighted by atomic mass is 9.89. The van der Waals surface area contributed by atoms with Crippen LogP contribution in [0.2, 0.25) is 0 Å². The molecule has 0 bridgehead atoms. The van der Waals surface area contributed by atoms with Crippen LogP contribution in [0.15, 0.2) is 30.3 Å². The highest BCUT2D eigenvalue weighted by Gasteiger charge is 2.37. The first kappa shape index (κ1) is 15.9. The van der Waals surface area contributed by atoms with Crippen LogP contribution in [0.25, 0.3) is 0 Å². The van der Waals surface area contributed by atoms with Crippen molar-refractivity contribution in [1.29, 1.82) is 0 Å². The zero-order valence-electron chi connectivity index (χ0n) is 13.0. The summed E-state index contributed by atoms with van der Waals surface area (Å²) in [6.45, 7) is 5.62. The zero-order chi connectivity index (χ0) is 15.5. The van der Waals surface area contributed by atoms with E-state index in [2.05, 4.69) is 23.8 Å². The van der Waals surface area contributed by atoms with Gasteiger partial charge >= 0.3 is 0 Å². The number of primary amides is 1. The summed E-state index contributed by atoms with van der Waals surface area (Å²) in [6.07, 6.45) is 1.07. The fourth-order valence-electron chi connectivity index (χ4n) is 3.02. The summed E-state index contributed by atoms with van der Waals surface area (Å²) in [6, 6.07) is 9.79. The number of likely N-dealkylation sites (N-methyl/N-ethyl adjacent to an activating group) is 1. The van der Waals surface area contributed by atoms with Crippen LogP contribution in [0.1, 0.15) is 18.9 Å². The molecule has 2 rings (SSSR count). The first-order valence-corrected chi connectivity index (χ1v) is 7.50. The third-order valence-electron chi connectivity index (χ3n) is 4.37. The van der Waals surface area contributed by atoms with E-state index < -0.39 is 11.4 Å². The number of hydrogen-bond acceptors (Lipinski definition) is 4. The Kier molecular flexibility index (Phi) is 4.98. The Bertz CT molecular complexity index is 478. The monoisotopic (exact) mass is 290 g/mol. The molecule has 1 aliphatic heterocycles. The molecule has 0 aromatic heterocycles. The molecule has 4 N–H and O–H groups in total. The topological polar surface area (TPSA) is 75.6 Å². The average Bonchev–Trinajstić information content (AvgIpc) is 2.61. The molecule has 1 aromatic carbocycles. The number of rotatable bonds is 4. The molecule has 1 fully saturated rings. The van der Waals surface area contributed by atoms with Crippen molar-refractivity contribution in [2.24, 2.45) is 11.5 Å². The van der Waals surface area contributed by atoms with Crippen LogP contribution < -0.4 is 11.5 Å². The van der Waals surface area contributed by atoms with E-state index >= 15 is 0 Å². The molecular weight excluding hydrogens is 264 g/mol. The fourth-order valence-corrected chi connectivity index (χ4v) is 3.02. The second kappa shape index (κ2) is 6.56. The van der Waals surface area contributed by atoms with Gasteiger partial charge in [-0.15, -0.1) is 0 Å². The van der Waals surface area contributed by atoms with Crippen molar-refractivity contribution in [1.82, 2.24) is 9.80 Å². The second-order valence-corrected chi connectivity index (χ2v) is 6.14. The van der Waals surface area contributed by atoms with E-state index in [-0.39, 0.29) is 0 Å². The summed E-state index contributed by atoms with van der Waals surface area (Å²) < 4.78 is 0. The lowest BCUT2D eigenvalue weighted by Gasteiger charge is -2.36. The molecule has 1 aromatic rings. The molecule has 0 aliphatic carbocycles. The van der Waals surface area contributed by atoms with Gasteiger partial charge in [0, 0.05) is 19.1 Å². The van der Waals surface area contributed by atoms with Crippen LogP contribution in [0.4, 0.5) is 0 Å². The van der Waals surface area contributed by atoms with Gasteiger partial charge in [0.15, 0.2) is 0 Å². The number of hydrogen-bond donors (Lipinski definition) is 2. The molecule has 5 heteroatoms. The Labute approximate surface area is 126 Å². The SMILES string of the molecule is CC1CN(C)CCCN1CC(N)(C(N)=O)c1ccccc1. The van der Waals surface area contributed by atoms with Crippen LogP contribution in [0.3, 0.4) is 0 Å². The maximum Gasteiger partial charge on any atom is 0.243 e. The zero-order valence-corrected chi connectivity index (χ0v) is 13.0. The minimum absolute atomic E-state index is 0.350. The predicted octanol–water partition coefficient (Wildman–Crippen LogP) is 0.352. The molecule has 1 saturated heterocycles. The van der Waals surface area contributed by atoms with Crippen molar-refractivity contribution in [3.63, 3.8) is 0 Å². The highest BCUT2D eigenvalue weighted by Crippen LogP contribution is 2.22. The summed E-state index contributed by atoms with van der Waals surface area (Å²) in [7, 11) is 2.13. The van der Waals surface area contributed by atoms with Crippen LogP contribution in [-0.2, 0) is 10.3 Å². The molecular formula is C16H26N4O. The third kappa shape index (κ3) is 3.61. The number of nitrogens with two attached hydrogens (primary N) is 2. The molecule has 1 amide bonds. The summed E-state index contributed by atoms with van der Waals surface area (Å²) in [5.74, 6) is -0.474. The summed E-state index contributed by atoms with van der Waals surface area (Å²) in [5.41, 5.74) is 11.7. The van der Waals surface area contributed by atoms with Crippen molar-refractivity contribution in [3.05, 3.63) is 35.9 Å². The quantitative estimate of drug-likeness (QED) is 0.839. The normalized spacial score (nSPS) is 24.2. The van der Waals surface area contributed by atoms with Gasteiger partial charge in [0.05, 0.1) is 0 Å². The number of carbonyl (C=O) groups excluding carboxylic acids is 1. The largest absolute Gasteiger partial charge is 0.368 e. The molecule has 1 heterocycles. The lowest BCUT2D eigenvalue weighted by molar-refractivity contribution is -0.124. The minimum atomic E-state index is -1.14. The van der Waals surface area contributed by atoms with Gasteiger partial charge in [-0.05, 0) is 39.0 Å². The maximum atomic E-state index is 12.0. The Morgan fingerprint density at radius 2 is 2.00 bits per heavy atom. The summed E-state index contributed by atoms with van der Waals surface area (Å²) in [5, 5.41) is 0. The molecule has 0 radical (unpaired) electrons. The van der Waals surface area contributed by atoms with Gasteiger partial charge < -0.3 is 16.4 Å². The van der Waals surface area contributed by atoms with Crippen LogP contribution >= 0.6 is 0 Å². The van der Waals surface area contributed by atoms with Crippen LogP contribution in [-0.4, -0.2) is 55.0 Å². The van der Waals surface area contributed by atoms with Gasteiger partial charge in [-0.25, -0.2) is 0 Å². The van der Waals surface area contributed by atoms with Crippen molar-refractivity contribution in [2.45, 2.75) is 24.9 Å². The average molecular weight is 290 g/mol. The van der Waals surface area contributed by atoms with E-state index in [9.17, 15) is 4.79 Å². The highest BCUT2D eigenvalue weighted by molar-refractivity contribution is 5.86. The Morgan fingerprint density at radius 3 is 2.62 bits per heavy atom. The Morgan fingerprint density at radius 1 is 1.33 bits per heavy atom. The van der Waals surface area contributed by atoms with E-state index in [1.165, 1.54) is 0 Å². The van der Waals surface area contributed by atoms with E-state index in [0.717, 1.165) is 31.6 Å². The standard InChI is InChI=1S/C16H26N4O/c1-13-11-19(2)9-6-10-20(13)12-16(18,15(17)21)14-7-4-3-5-8-14/h3-5,7-8,13H,6,9-12,18H2,1-2H3,(H2,17,21). The van der Waals surface area contributed by atoms with E-state index in [4.69, 9.17) is 11.5 Å². The Balaban J connectivity index is 2.22. The van der Waals surface area contributed by atoms with Crippen molar-refractivity contribution in [2.75, 3.05) is 33.2 Å². The van der Waals surface area contributed by atoms with Gasteiger partial charge in [0.2, 0.25) is 5.91 Å². The van der Waals surface area contributed by atoms with Gasteiger partial charge in [-0.3, -0.25) is 9.69 Å². The van der Waals surface area contributed by atoms with Crippen molar-refractivity contribution < 1.29 is 4.79 Å². The first-order chi connectivity index (χ1) is 9.93. The molecule has 1 aliphatic rings. The summed E-state index contributed by atoms with van der Waals surface area (Å²) in [4.78, 5) is 16.6. The lowest BCUT2D eigenvalue weighted by Crippen LogP contribution is -2.58. The van der Waals surface area contributed by atoms with E-state index in [0.29, 0.717) is 12.6 Å². The molecule has 2 atom stereocenters. The first-order valence-electron chi connectivity index (χ1n) is 7.50. The molecule has 2 unspecified atom stereocenters. The number of amides is 1. The van der Waals surface area contributed by atoms with Crippen molar-refractivity contribution in [3.8, 4) is 0 Å². The van der Waals surface area contributed by atoms with Gasteiger partial charge in [-0.1, -0.05) is 30.3 Å². The highest BCUT2D eigenvalue weighted by atomic mass is 16.1. The van der Waals surface area contributed by atoms with Gasteiger partial charge in [0.25, 0.3) is 0 Å². The minimum Gasteiger partial charge on any atom is -0.368 e. The van der Waals surface area contributed by atoms with E-state index in [1.807, 2.05) is 30.3 Å². The van der Waals surface area contributed by atoms with Crippen LogP contribution in [0.5, 0.6) is 0 Å². The number of benzene rings is 1. The Hall–Kier alpha value is -1.43. The summed E-state index contributed by atoms with van der Waals surface area (Å²) >= 11 is 0. The molecule has 116 valence electrons. The number of nitrogens with zero attached hydrogens (tertiary/aromatic N) is 2. The van der Waals surface area contributed by atoms with E-state index in [1.54, 1.807) is 0 Å². The van der Waals surface area contributed by atoms with Gasteiger partial charge in [-0.2, -0.15) is 0 Å². The van der Waals surface area contributed by atoms with Crippen LogP contribution in [0, 0.1) is 0 Å². The number of carbonyl (C=O) groups is 1. The second-order valence-electron chi connectivity index (χ2n) is 6.14. The predicted molar refractivity (Wildman–Crippen MR) is 84.7 cm³/mol. The fraction of sp³-hybridized carbons (Fsp3) is 0.562.